The maximum absolute atomic E-state index is 13.8. The first-order valence-corrected chi connectivity index (χ1v) is 9.55. The van der Waals surface area contributed by atoms with Crippen molar-refractivity contribution in [2.75, 3.05) is 10.6 Å². The molecule has 0 aliphatic rings. The summed E-state index contributed by atoms with van der Waals surface area (Å²) in [6, 6.07) is 16.9. The van der Waals surface area contributed by atoms with Crippen LogP contribution in [-0.2, 0) is 9.59 Å². The summed E-state index contributed by atoms with van der Waals surface area (Å²) in [6.45, 7) is 5.24. The third-order valence-electron chi connectivity index (χ3n) is 4.70. The molecule has 0 bridgehead atoms. The third kappa shape index (κ3) is 4.87. The van der Waals surface area contributed by atoms with Crippen molar-refractivity contribution in [3.05, 3.63) is 82.9 Å². The average molecular weight is 416 g/mol. The number of aryl methyl sites for hydroxylation is 1. The van der Waals surface area contributed by atoms with E-state index in [0.717, 1.165) is 17.1 Å². The number of carbonyl (C=O) groups excluding carboxylic acids is 2. The van der Waals surface area contributed by atoms with E-state index in [-0.39, 0.29) is 17.2 Å². The minimum atomic E-state index is -0.683. The van der Waals surface area contributed by atoms with Crippen molar-refractivity contribution >= 4 is 29.3 Å². The first-order chi connectivity index (χ1) is 14.8. The average Bonchev–Trinajstić information content (AvgIpc) is 3.01. The summed E-state index contributed by atoms with van der Waals surface area (Å²) in [6.07, 6.45) is 1.49. The van der Waals surface area contributed by atoms with Gasteiger partial charge in [-0.1, -0.05) is 12.1 Å². The second-order valence-electron chi connectivity index (χ2n) is 6.99. The lowest BCUT2D eigenvalue weighted by Gasteiger charge is -2.11. The summed E-state index contributed by atoms with van der Waals surface area (Å²) < 4.78 is 15.8. The van der Waals surface area contributed by atoms with Gasteiger partial charge in [0.25, 0.3) is 5.91 Å². The Kier molecular flexibility index (Phi) is 6.32. The highest BCUT2D eigenvalue weighted by Gasteiger charge is 2.15. The Morgan fingerprint density at radius 2 is 1.74 bits per heavy atom. The molecule has 156 valence electrons. The van der Waals surface area contributed by atoms with Crippen molar-refractivity contribution in [3.63, 3.8) is 0 Å². The van der Waals surface area contributed by atoms with Gasteiger partial charge in [-0.05, 0) is 68.0 Å². The molecule has 1 aromatic heterocycles. The molecular weight excluding hydrogens is 395 g/mol. The normalized spacial score (nSPS) is 11.0. The molecule has 3 aromatic rings. The second-order valence-corrected chi connectivity index (χ2v) is 6.99. The van der Waals surface area contributed by atoms with E-state index in [0.29, 0.717) is 11.3 Å². The highest BCUT2D eigenvalue weighted by atomic mass is 19.1. The molecule has 0 radical (unpaired) electrons. The molecule has 0 aliphatic heterocycles. The molecule has 31 heavy (non-hydrogen) atoms. The Bertz CT molecular complexity index is 1220. The molecule has 6 nitrogen and oxygen atoms in total. The Labute approximate surface area is 179 Å². The number of aromatic nitrogens is 1. The van der Waals surface area contributed by atoms with Gasteiger partial charge in [0.15, 0.2) is 0 Å². The highest BCUT2D eigenvalue weighted by molar-refractivity contribution is 6.09. The van der Waals surface area contributed by atoms with Gasteiger partial charge in [0.05, 0.1) is 5.69 Å². The van der Waals surface area contributed by atoms with Crippen molar-refractivity contribution in [2.24, 2.45) is 0 Å². The molecule has 0 spiro atoms. The fraction of sp³-hybridized carbons (Fsp3) is 0.125. The molecule has 0 atom stereocenters. The summed E-state index contributed by atoms with van der Waals surface area (Å²) in [5, 5.41) is 14.6. The minimum Gasteiger partial charge on any atom is -0.326 e. The maximum Gasteiger partial charge on any atom is 0.266 e. The molecule has 0 saturated heterocycles. The van der Waals surface area contributed by atoms with Gasteiger partial charge in [-0.25, -0.2) is 4.39 Å². The largest absolute Gasteiger partial charge is 0.326 e. The molecular formula is C24H21FN4O2. The van der Waals surface area contributed by atoms with E-state index >= 15 is 0 Å². The van der Waals surface area contributed by atoms with Crippen LogP contribution >= 0.6 is 0 Å². The predicted octanol–water partition coefficient (Wildman–Crippen LogP) is 4.74. The van der Waals surface area contributed by atoms with Crippen LogP contribution in [0.4, 0.5) is 15.8 Å². The van der Waals surface area contributed by atoms with E-state index in [1.54, 1.807) is 18.2 Å². The van der Waals surface area contributed by atoms with E-state index in [9.17, 15) is 19.2 Å². The molecule has 0 fully saturated rings. The number of amides is 2. The molecule has 7 heteroatoms. The monoisotopic (exact) mass is 416 g/mol. The summed E-state index contributed by atoms with van der Waals surface area (Å²) in [5.41, 5.74) is 3.87. The first-order valence-electron chi connectivity index (χ1n) is 9.55. The number of para-hydroxylation sites is 1. The lowest BCUT2D eigenvalue weighted by atomic mass is 10.1. The van der Waals surface area contributed by atoms with Gasteiger partial charge < -0.3 is 15.2 Å². The van der Waals surface area contributed by atoms with Crippen LogP contribution in [0.3, 0.4) is 0 Å². The number of hydrogen-bond donors (Lipinski definition) is 2. The molecule has 2 amide bonds. The van der Waals surface area contributed by atoms with E-state index < -0.39 is 11.7 Å². The van der Waals surface area contributed by atoms with Crippen LogP contribution < -0.4 is 10.6 Å². The number of rotatable bonds is 5. The molecule has 0 unspecified atom stereocenters. The number of halogens is 1. The fourth-order valence-corrected chi connectivity index (χ4v) is 3.28. The van der Waals surface area contributed by atoms with Crippen LogP contribution in [0.15, 0.2) is 60.2 Å². The van der Waals surface area contributed by atoms with Gasteiger partial charge in [-0.3, -0.25) is 9.59 Å². The zero-order valence-electron chi connectivity index (χ0n) is 17.4. The van der Waals surface area contributed by atoms with E-state index in [1.807, 2.05) is 42.7 Å². The van der Waals surface area contributed by atoms with Crippen LogP contribution in [-0.4, -0.2) is 16.4 Å². The molecule has 0 saturated carbocycles. The number of nitrogens with one attached hydrogen (secondary N) is 2. The Morgan fingerprint density at radius 1 is 1.06 bits per heavy atom. The van der Waals surface area contributed by atoms with E-state index in [4.69, 9.17) is 0 Å². The minimum absolute atomic E-state index is 0.0124. The highest BCUT2D eigenvalue weighted by Crippen LogP contribution is 2.24. The Balaban J connectivity index is 1.90. The Morgan fingerprint density at radius 3 is 2.35 bits per heavy atom. The van der Waals surface area contributed by atoms with Crippen molar-refractivity contribution < 1.29 is 14.0 Å². The molecule has 3 rings (SSSR count). The maximum atomic E-state index is 13.8. The molecule has 1 heterocycles. The molecule has 2 aromatic carbocycles. The number of nitrogens with zero attached hydrogens (tertiary/aromatic N) is 2. The lowest BCUT2D eigenvalue weighted by Crippen LogP contribution is -2.14. The van der Waals surface area contributed by atoms with Gasteiger partial charge in [0.1, 0.15) is 17.5 Å². The summed E-state index contributed by atoms with van der Waals surface area (Å²) in [5.74, 6) is -1.41. The summed E-state index contributed by atoms with van der Waals surface area (Å²) >= 11 is 0. The van der Waals surface area contributed by atoms with Crippen molar-refractivity contribution in [1.82, 2.24) is 4.57 Å². The smallest absolute Gasteiger partial charge is 0.266 e. The summed E-state index contributed by atoms with van der Waals surface area (Å²) in [4.78, 5) is 23.7. The fourth-order valence-electron chi connectivity index (χ4n) is 3.28. The zero-order valence-corrected chi connectivity index (χ0v) is 17.4. The van der Waals surface area contributed by atoms with E-state index in [1.165, 1.54) is 31.2 Å². The standard InChI is InChI=1S/C24H21FN4O2/c1-15-12-18(13-19(14-26)24(31)28-23-7-5-4-6-22(23)25)16(2)29(15)21-10-8-20(9-11-21)27-17(3)30/h4-13H,1-3H3,(H,27,30)(H,28,31)/b19-13-. The first kappa shape index (κ1) is 21.5. The van der Waals surface area contributed by atoms with Gasteiger partial charge >= 0.3 is 0 Å². The number of anilines is 2. The van der Waals surface area contributed by atoms with Crippen LogP contribution in [0.2, 0.25) is 0 Å². The number of benzene rings is 2. The quantitative estimate of drug-likeness (QED) is 0.465. The Hall–Kier alpha value is -4.18. The number of hydrogen-bond acceptors (Lipinski definition) is 3. The van der Waals surface area contributed by atoms with Gasteiger partial charge in [0.2, 0.25) is 5.91 Å². The van der Waals surface area contributed by atoms with Gasteiger partial charge in [-0.2, -0.15) is 5.26 Å². The number of nitriles is 1. The summed E-state index contributed by atoms with van der Waals surface area (Å²) in [7, 11) is 0. The SMILES string of the molecule is CC(=O)Nc1ccc(-n2c(C)cc(/C=C(/C#N)C(=O)Nc3ccccc3F)c2C)cc1. The van der Waals surface area contributed by atoms with Gasteiger partial charge in [0, 0.05) is 29.7 Å². The molecule has 0 aliphatic carbocycles. The zero-order chi connectivity index (χ0) is 22.5. The van der Waals surface area contributed by atoms with Crippen molar-refractivity contribution in [3.8, 4) is 11.8 Å². The lowest BCUT2D eigenvalue weighted by molar-refractivity contribution is -0.114. The van der Waals surface area contributed by atoms with Gasteiger partial charge in [-0.15, -0.1) is 0 Å². The van der Waals surface area contributed by atoms with Crippen LogP contribution in [0.5, 0.6) is 0 Å². The third-order valence-corrected chi connectivity index (χ3v) is 4.70. The second kappa shape index (κ2) is 9.09. The topological polar surface area (TPSA) is 86.9 Å². The van der Waals surface area contributed by atoms with Crippen LogP contribution in [0, 0.1) is 31.0 Å². The van der Waals surface area contributed by atoms with Crippen molar-refractivity contribution in [1.29, 1.82) is 5.26 Å². The van der Waals surface area contributed by atoms with Crippen LogP contribution in [0.1, 0.15) is 23.9 Å². The molecule has 2 N–H and O–H groups in total. The van der Waals surface area contributed by atoms with Crippen LogP contribution in [0.25, 0.3) is 11.8 Å². The van der Waals surface area contributed by atoms with E-state index in [2.05, 4.69) is 10.6 Å². The predicted molar refractivity (Wildman–Crippen MR) is 118 cm³/mol. The number of carbonyl (C=O) groups is 2. The van der Waals surface area contributed by atoms with Crippen molar-refractivity contribution in [2.45, 2.75) is 20.8 Å².